The van der Waals surface area contributed by atoms with Crippen LogP contribution in [0.15, 0.2) is 67.1 Å². The zero-order chi connectivity index (χ0) is 29.2. The van der Waals surface area contributed by atoms with E-state index >= 15 is 0 Å². The van der Waals surface area contributed by atoms with Gasteiger partial charge in [0.2, 0.25) is 0 Å². The Morgan fingerprint density at radius 3 is 2.69 bits per heavy atom. The molecule has 12 heteroatoms. The van der Waals surface area contributed by atoms with Crippen molar-refractivity contribution >= 4 is 34.9 Å². The Labute approximate surface area is 240 Å². The molecule has 11 nitrogen and oxygen atoms in total. The van der Waals surface area contributed by atoms with Gasteiger partial charge in [-0.2, -0.15) is 5.10 Å². The summed E-state index contributed by atoms with van der Waals surface area (Å²) in [6.45, 7) is 1.67. The second-order valence-electron chi connectivity index (χ2n) is 9.95. The Bertz CT molecular complexity index is 1770. The van der Waals surface area contributed by atoms with Crippen molar-refractivity contribution < 1.29 is 18.7 Å². The molecule has 1 aliphatic rings. The first kappa shape index (κ1) is 26.8. The Balaban J connectivity index is 1.24. The number of anilines is 2. The maximum Gasteiger partial charge on any atom is 0.255 e. The molecule has 1 saturated heterocycles. The molecule has 3 aromatic heterocycles. The van der Waals surface area contributed by atoms with E-state index in [4.69, 9.17) is 15.6 Å². The molecule has 0 saturated carbocycles. The summed E-state index contributed by atoms with van der Waals surface area (Å²) in [6, 6.07) is 15.1. The monoisotopic (exact) mass is 566 g/mol. The van der Waals surface area contributed by atoms with Crippen LogP contribution < -0.4 is 20.7 Å². The fourth-order valence-electron chi connectivity index (χ4n) is 5.07. The molecule has 3 N–H and O–H groups in total. The third kappa shape index (κ3) is 5.09. The highest BCUT2D eigenvalue weighted by Gasteiger charge is 2.23. The van der Waals surface area contributed by atoms with Gasteiger partial charge >= 0.3 is 0 Å². The lowest BCUT2D eigenvalue weighted by molar-refractivity contribution is -0.110. The minimum absolute atomic E-state index is 0.0309. The molecule has 0 spiro atoms. The minimum atomic E-state index is -0.522. The van der Waals surface area contributed by atoms with Gasteiger partial charge in [-0.05, 0) is 42.3 Å². The highest BCUT2D eigenvalue weighted by atomic mass is 19.1. The van der Waals surface area contributed by atoms with E-state index in [2.05, 4.69) is 25.2 Å². The number of methoxy groups -OCH3 is 1. The van der Waals surface area contributed by atoms with E-state index in [1.165, 1.54) is 25.6 Å². The standard InChI is InChI=1S/C30H27FN8O3/c1-42-24-8-6-21(31)12-23(24)30(41)34-13-18-2-4-20(5-3-18)27-26-28(32)35-17-36-29(26)39(37-27)22-7-9-25(33-14-22)38-11-10-19(15-38)16-40/h2-9,12,14,16-17,19H,10-11,13,15H2,1H3,(H,34,41)(H2,32,35,36)/t19-/m1/s1. The smallest absolute Gasteiger partial charge is 0.255 e. The SMILES string of the molecule is COc1ccc(F)cc1C(=O)NCc1ccc(-c2nn(-c3ccc(N4CC[C@@H](C=O)C4)nc3)c3ncnc(N)c23)cc1. The van der Waals surface area contributed by atoms with Gasteiger partial charge < -0.3 is 25.5 Å². The quantitative estimate of drug-likeness (QED) is 0.270. The molecule has 2 aromatic carbocycles. The predicted molar refractivity (Wildman–Crippen MR) is 155 cm³/mol. The van der Waals surface area contributed by atoms with Crippen molar-refractivity contribution in [1.29, 1.82) is 0 Å². The van der Waals surface area contributed by atoms with Gasteiger partial charge in [0.1, 0.15) is 41.5 Å². The lowest BCUT2D eigenvalue weighted by Gasteiger charge is -2.16. The molecule has 1 atom stereocenters. The first-order chi connectivity index (χ1) is 20.4. The van der Waals surface area contributed by atoms with Crippen molar-refractivity contribution in [3.05, 3.63) is 84.1 Å². The average Bonchev–Trinajstić information content (AvgIpc) is 3.66. The Morgan fingerprint density at radius 1 is 1.14 bits per heavy atom. The Kier molecular flexibility index (Phi) is 7.17. The van der Waals surface area contributed by atoms with Crippen LogP contribution in [-0.2, 0) is 11.3 Å². The van der Waals surface area contributed by atoms with Crippen LogP contribution in [0.5, 0.6) is 5.75 Å². The normalized spacial score (nSPS) is 14.7. The van der Waals surface area contributed by atoms with E-state index in [1.807, 2.05) is 36.4 Å². The minimum Gasteiger partial charge on any atom is -0.496 e. The number of rotatable bonds is 8. The molecule has 0 aliphatic carbocycles. The summed E-state index contributed by atoms with van der Waals surface area (Å²) in [6.07, 6.45) is 4.94. The lowest BCUT2D eigenvalue weighted by atomic mass is 10.1. The van der Waals surface area contributed by atoms with Crippen LogP contribution in [0.1, 0.15) is 22.3 Å². The Morgan fingerprint density at radius 2 is 1.98 bits per heavy atom. The van der Waals surface area contributed by atoms with Gasteiger partial charge in [0.25, 0.3) is 5.91 Å². The molecule has 0 unspecified atom stereocenters. The van der Waals surface area contributed by atoms with Crippen LogP contribution in [0.25, 0.3) is 28.0 Å². The number of hydrogen-bond donors (Lipinski definition) is 2. The predicted octanol–water partition coefficient (Wildman–Crippen LogP) is 3.56. The number of nitrogens with one attached hydrogen (secondary N) is 1. The van der Waals surface area contributed by atoms with Crippen molar-refractivity contribution in [2.75, 3.05) is 30.8 Å². The van der Waals surface area contributed by atoms with Crippen molar-refractivity contribution in [3.63, 3.8) is 0 Å². The van der Waals surface area contributed by atoms with Crippen molar-refractivity contribution in [2.24, 2.45) is 5.92 Å². The zero-order valence-corrected chi connectivity index (χ0v) is 22.7. The molecular formula is C30H27FN8O3. The van der Waals surface area contributed by atoms with E-state index in [0.717, 1.165) is 42.3 Å². The van der Waals surface area contributed by atoms with E-state index in [0.29, 0.717) is 40.5 Å². The van der Waals surface area contributed by atoms with Crippen LogP contribution in [0.2, 0.25) is 0 Å². The number of ether oxygens (including phenoxy) is 1. The molecule has 5 aromatic rings. The molecule has 212 valence electrons. The highest BCUT2D eigenvalue weighted by molar-refractivity contribution is 5.99. The number of aromatic nitrogens is 5. The first-order valence-corrected chi connectivity index (χ1v) is 13.3. The largest absolute Gasteiger partial charge is 0.496 e. The van der Waals surface area contributed by atoms with Crippen LogP contribution in [0.4, 0.5) is 16.0 Å². The van der Waals surface area contributed by atoms with Gasteiger partial charge in [-0.25, -0.2) is 24.0 Å². The van der Waals surface area contributed by atoms with Crippen LogP contribution in [-0.4, -0.2) is 57.1 Å². The number of hydrogen-bond acceptors (Lipinski definition) is 9. The van der Waals surface area contributed by atoms with Gasteiger partial charge in [0.05, 0.1) is 29.9 Å². The number of aldehydes is 1. The fourth-order valence-corrected chi connectivity index (χ4v) is 5.07. The molecule has 4 heterocycles. The van der Waals surface area contributed by atoms with Crippen LogP contribution >= 0.6 is 0 Å². The molecule has 0 bridgehead atoms. The zero-order valence-electron chi connectivity index (χ0n) is 22.7. The summed E-state index contributed by atoms with van der Waals surface area (Å²) in [5.74, 6) is 0.446. The summed E-state index contributed by atoms with van der Waals surface area (Å²) in [7, 11) is 1.43. The van der Waals surface area contributed by atoms with Gasteiger partial charge in [0.15, 0.2) is 5.65 Å². The van der Waals surface area contributed by atoms with E-state index < -0.39 is 11.7 Å². The molecule has 1 amide bonds. The molecule has 6 rings (SSSR count). The van der Waals surface area contributed by atoms with Gasteiger partial charge in [-0.1, -0.05) is 24.3 Å². The van der Waals surface area contributed by atoms with E-state index in [9.17, 15) is 14.0 Å². The second kappa shape index (κ2) is 11.2. The van der Waals surface area contributed by atoms with Crippen molar-refractivity contribution in [1.82, 2.24) is 30.0 Å². The number of nitrogen functional groups attached to an aromatic ring is 1. The van der Waals surface area contributed by atoms with Gasteiger partial charge in [-0.15, -0.1) is 0 Å². The maximum absolute atomic E-state index is 13.7. The molecule has 0 radical (unpaired) electrons. The third-order valence-corrected chi connectivity index (χ3v) is 7.30. The number of carbonyl (C=O) groups excluding carboxylic acids is 2. The number of pyridine rings is 1. The van der Waals surface area contributed by atoms with Gasteiger partial charge in [0, 0.05) is 31.1 Å². The number of amides is 1. The summed E-state index contributed by atoms with van der Waals surface area (Å²) in [5.41, 5.74) is 9.84. The van der Waals surface area contributed by atoms with Gasteiger partial charge in [-0.3, -0.25) is 4.79 Å². The molecular weight excluding hydrogens is 539 g/mol. The maximum atomic E-state index is 13.7. The number of nitrogens with zero attached hydrogens (tertiary/aromatic N) is 6. The summed E-state index contributed by atoms with van der Waals surface area (Å²) >= 11 is 0. The third-order valence-electron chi connectivity index (χ3n) is 7.30. The fraction of sp³-hybridized carbons (Fsp3) is 0.200. The van der Waals surface area contributed by atoms with Crippen molar-refractivity contribution in [2.45, 2.75) is 13.0 Å². The molecule has 1 fully saturated rings. The van der Waals surface area contributed by atoms with Crippen LogP contribution in [0.3, 0.4) is 0 Å². The summed E-state index contributed by atoms with van der Waals surface area (Å²) < 4.78 is 20.6. The first-order valence-electron chi connectivity index (χ1n) is 13.3. The van der Waals surface area contributed by atoms with Crippen LogP contribution in [0, 0.1) is 11.7 Å². The highest BCUT2D eigenvalue weighted by Crippen LogP contribution is 2.32. The number of halogens is 1. The topological polar surface area (TPSA) is 141 Å². The van der Waals surface area contributed by atoms with E-state index in [-0.39, 0.29) is 18.0 Å². The van der Waals surface area contributed by atoms with Crippen molar-refractivity contribution in [3.8, 4) is 22.7 Å². The number of benzene rings is 2. The number of nitrogens with two attached hydrogens (primary N) is 1. The van der Waals surface area contributed by atoms with E-state index in [1.54, 1.807) is 10.9 Å². The number of carbonyl (C=O) groups is 2. The molecule has 42 heavy (non-hydrogen) atoms. The summed E-state index contributed by atoms with van der Waals surface area (Å²) in [4.78, 5) is 39.1. The average molecular weight is 567 g/mol. The number of fused-ring (bicyclic) bond motifs is 1. The second-order valence-corrected chi connectivity index (χ2v) is 9.95. The Hall–Kier alpha value is -5.39. The summed E-state index contributed by atoms with van der Waals surface area (Å²) in [5, 5.41) is 8.23. The lowest BCUT2D eigenvalue weighted by Crippen LogP contribution is -2.23. The molecule has 1 aliphatic heterocycles.